The molecule has 0 heterocycles. The Kier molecular flexibility index (Phi) is 7.21. The summed E-state index contributed by atoms with van der Waals surface area (Å²) < 4.78 is 10.3. The first-order valence-corrected chi connectivity index (χ1v) is 13.5. The summed E-state index contributed by atoms with van der Waals surface area (Å²) >= 11 is 0. The summed E-state index contributed by atoms with van der Waals surface area (Å²) in [6.45, 7) is 8.87. The lowest BCUT2D eigenvalue weighted by atomic mass is 9.44. The minimum Gasteiger partial charge on any atom is -0.469 e. The SMILES string of the molecule is COC(=O)CCC[C@@H](C)[C@H]1CC[C@H]2[C@@H]3CC[C@H]4[C@H](O)[C@@H](OC(C)=O)CC[C@]4(C)[C@H]3CC[C@]12C. The second kappa shape index (κ2) is 9.51. The van der Waals surface area contributed by atoms with Crippen molar-refractivity contribution in [3.05, 3.63) is 0 Å². The van der Waals surface area contributed by atoms with Gasteiger partial charge in [0, 0.05) is 13.3 Å². The summed E-state index contributed by atoms with van der Waals surface area (Å²) in [4.78, 5) is 23.1. The molecule has 5 nitrogen and oxygen atoms in total. The highest BCUT2D eigenvalue weighted by Crippen LogP contribution is 2.68. The van der Waals surface area contributed by atoms with Crippen molar-refractivity contribution in [2.75, 3.05) is 7.11 Å². The van der Waals surface area contributed by atoms with Crippen LogP contribution in [0.2, 0.25) is 0 Å². The smallest absolute Gasteiger partial charge is 0.305 e. The van der Waals surface area contributed by atoms with Crippen molar-refractivity contribution in [2.24, 2.45) is 46.3 Å². The maximum atomic E-state index is 11.5. The maximum absolute atomic E-state index is 11.5. The Labute approximate surface area is 200 Å². The molecule has 188 valence electrons. The summed E-state index contributed by atoms with van der Waals surface area (Å²) in [5, 5.41) is 11.2. The lowest BCUT2D eigenvalue weighted by Crippen LogP contribution is -2.58. The monoisotopic (exact) mass is 462 g/mol. The molecule has 0 spiro atoms. The number of methoxy groups -OCH3 is 1. The van der Waals surface area contributed by atoms with Crippen LogP contribution in [0.15, 0.2) is 0 Å². The summed E-state index contributed by atoms with van der Waals surface area (Å²) in [7, 11) is 1.48. The standard InChI is InChI=1S/C28H46O5/c1-17(7-6-8-25(30)32-5)20-11-12-21-19-9-10-23-26(31)24(33-18(2)29)14-16-28(23,4)22(19)13-15-27(20,21)3/h17,19-24,26,31H,6-16H2,1-5H3/t17-,19+,20-,21+,22+,23+,24+,26+,27-,28-/m1/s1. The second-order valence-corrected chi connectivity index (χ2v) is 12.4. The van der Waals surface area contributed by atoms with Gasteiger partial charge in [-0.25, -0.2) is 0 Å². The highest BCUT2D eigenvalue weighted by Gasteiger charge is 2.62. The van der Waals surface area contributed by atoms with Crippen LogP contribution in [-0.2, 0) is 19.1 Å². The fourth-order valence-corrected chi connectivity index (χ4v) is 9.49. The van der Waals surface area contributed by atoms with Gasteiger partial charge in [-0.3, -0.25) is 9.59 Å². The molecule has 5 heteroatoms. The highest BCUT2D eigenvalue weighted by molar-refractivity contribution is 5.69. The average Bonchev–Trinajstić information content (AvgIpc) is 3.12. The van der Waals surface area contributed by atoms with Crippen LogP contribution in [0, 0.1) is 46.3 Å². The minimum absolute atomic E-state index is 0.0890. The molecule has 0 aromatic heterocycles. The van der Waals surface area contributed by atoms with Crippen LogP contribution in [0.3, 0.4) is 0 Å². The molecule has 0 radical (unpaired) electrons. The van der Waals surface area contributed by atoms with E-state index in [-0.39, 0.29) is 29.4 Å². The van der Waals surface area contributed by atoms with Gasteiger partial charge >= 0.3 is 11.9 Å². The van der Waals surface area contributed by atoms with Crippen LogP contribution in [0.25, 0.3) is 0 Å². The zero-order chi connectivity index (χ0) is 24.0. The van der Waals surface area contributed by atoms with Gasteiger partial charge < -0.3 is 14.6 Å². The first-order valence-electron chi connectivity index (χ1n) is 13.5. The first kappa shape index (κ1) is 25.0. The van der Waals surface area contributed by atoms with E-state index in [1.165, 1.54) is 46.1 Å². The van der Waals surface area contributed by atoms with Crippen molar-refractivity contribution < 1.29 is 24.2 Å². The van der Waals surface area contributed by atoms with E-state index in [0.29, 0.717) is 23.7 Å². The molecule has 4 aliphatic rings. The van der Waals surface area contributed by atoms with Crippen LogP contribution >= 0.6 is 0 Å². The van der Waals surface area contributed by atoms with Crippen molar-refractivity contribution in [2.45, 2.75) is 111 Å². The Morgan fingerprint density at radius 1 is 0.970 bits per heavy atom. The number of hydrogen-bond donors (Lipinski definition) is 1. The molecule has 0 bridgehead atoms. The number of hydrogen-bond acceptors (Lipinski definition) is 5. The van der Waals surface area contributed by atoms with E-state index >= 15 is 0 Å². The number of carbonyl (C=O) groups excluding carboxylic acids is 2. The summed E-state index contributed by atoms with van der Waals surface area (Å²) in [5.74, 6) is 3.49. The van der Waals surface area contributed by atoms with Crippen LogP contribution in [-0.4, -0.2) is 36.4 Å². The number of fused-ring (bicyclic) bond motifs is 5. The number of rotatable bonds is 6. The van der Waals surface area contributed by atoms with E-state index in [1.807, 2.05) is 0 Å². The quantitative estimate of drug-likeness (QED) is 0.526. The Morgan fingerprint density at radius 2 is 1.64 bits per heavy atom. The number of aliphatic hydroxyl groups excluding tert-OH is 1. The van der Waals surface area contributed by atoms with Gasteiger partial charge in [-0.1, -0.05) is 20.8 Å². The van der Waals surface area contributed by atoms with Crippen LogP contribution in [0.1, 0.15) is 98.3 Å². The Bertz CT molecular complexity index is 736. The van der Waals surface area contributed by atoms with Crippen molar-refractivity contribution in [1.29, 1.82) is 0 Å². The fraction of sp³-hybridized carbons (Fsp3) is 0.929. The van der Waals surface area contributed by atoms with Crippen molar-refractivity contribution in [3.63, 3.8) is 0 Å². The van der Waals surface area contributed by atoms with Crippen LogP contribution in [0.5, 0.6) is 0 Å². The van der Waals surface area contributed by atoms with E-state index in [4.69, 9.17) is 9.47 Å². The van der Waals surface area contributed by atoms with Gasteiger partial charge in [0.25, 0.3) is 0 Å². The third-order valence-electron chi connectivity index (χ3n) is 11.0. The fourth-order valence-electron chi connectivity index (χ4n) is 9.49. The number of ether oxygens (including phenoxy) is 2. The van der Waals surface area contributed by atoms with E-state index in [0.717, 1.165) is 49.9 Å². The van der Waals surface area contributed by atoms with Gasteiger partial charge in [-0.2, -0.15) is 0 Å². The summed E-state index contributed by atoms with van der Waals surface area (Å²) in [6, 6.07) is 0. The van der Waals surface area contributed by atoms with Crippen molar-refractivity contribution in [3.8, 4) is 0 Å². The van der Waals surface area contributed by atoms with E-state index < -0.39 is 6.10 Å². The zero-order valence-electron chi connectivity index (χ0n) is 21.5. The van der Waals surface area contributed by atoms with E-state index in [2.05, 4.69) is 20.8 Å². The molecule has 0 saturated heterocycles. The Morgan fingerprint density at radius 3 is 2.33 bits per heavy atom. The van der Waals surface area contributed by atoms with Crippen LogP contribution in [0.4, 0.5) is 0 Å². The molecule has 4 rings (SSSR count). The molecular weight excluding hydrogens is 416 g/mol. The molecular formula is C28H46O5. The number of aliphatic hydroxyl groups is 1. The molecule has 4 aliphatic carbocycles. The Hall–Kier alpha value is -1.10. The predicted octanol–water partition coefficient (Wildman–Crippen LogP) is 5.53. The van der Waals surface area contributed by atoms with Crippen molar-refractivity contribution in [1.82, 2.24) is 0 Å². The molecule has 33 heavy (non-hydrogen) atoms. The van der Waals surface area contributed by atoms with Gasteiger partial charge in [0.2, 0.25) is 0 Å². The highest BCUT2D eigenvalue weighted by atomic mass is 16.6. The molecule has 10 atom stereocenters. The van der Waals surface area contributed by atoms with Crippen molar-refractivity contribution >= 4 is 11.9 Å². The molecule has 0 aromatic rings. The summed E-state index contributed by atoms with van der Waals surface area (Å²) in [6.07, 6.45) is 11.1. The normalized spacial score (nSPS) is 45.3. The van der Waals surface area contributed by atoms with Gasteiger partial charge in [-0.15, -0.1) is 0 Å². The lowest BCUT2D eigenvalue weighted by Gasteiger charge is -2.62. The van der Waals surface area contributed by atoms with E-state index in [1.54, 1.807) is 0 Å². The van der Waals surface area contributed by atoms with Gasteiger partial charge in [0.1, 0.15) is 6.10 Å². The molecule has 0 amide bonds. The Balaban J connectivity index is 1.44. The zero-order valence-corrected chi connectivity index (χ0v) is 21.5. The third kappa shape index (κ3) is 4.36. The molecule has 4 fully saturated rings. The maximum Gasteiger partial charge on any atom is 0.305 e. The molecule has 0 unspecified atom stereocenters. The number of esters is 2. The largest absolute Gasteiger partial charge is 0.469 e. The predicted molar refractivity (Wildman–Crippen MR) is 127 cm³/mol. The lowest BCUT2D eigenvalue weighted by molar-refractivity contribution is -0.191. The molecule has 4 saturated carbocycles. The van der Waals surface area contributed by atoms with Gasteiger partial charge in [0.05, 0.1) is 13.2 Å². The second-order valence-electron chi connectivity index (χ2n) is 12.4. The average molecular weight is 463 g/mol. The number of carbonyl (C=O) groups is 2. The topological polar surface area (TPSA) is 72.8 Å². The first-order chi connectivity index (χ1) is 15.6. The van der Waals surface area contributed by atoms with Gasteiger partial charge in [-0.05, 0) is 111 Å². The molecule has 0 aliphatic heterocycles. The van der Waals surface area contributed by atoms with E-state index in [9.17, 15) is 14.7 Å². The molecule has 1 N–H and O–H groups in total. The molecule has 0 aromatic carbocycles. The minimum atomic E-state index is -0.520. The van der Waals surface area contributed by atoms with Crippen LogP contribution < -0.4 is 0 Å². The summed E-state index contributed by atoms with van der Waals surface area (Å²) in [5.41, 5.74) is 0.563. The third-order valence-corrected chi connectivity index (χ3v) is 11.0. The van der Waals surface area contributed by atoms with Gasteiger partial charge in [0.15, 0.2) is 0 Å².